The molecule has 0 saturated heterocycles. The maximum absolute atomic E-state index is 10.3. The standard InChI is InChI=1S/C26H27N4O2/c1-26(31)14-20(15-26)24-21-16-28-11-12-30(21,27)25(29-24)19-8-7-18-9-10-22(32-23(18)13-19)17-5-3-2-4-6-17/h2-8,11-13,16,20,22,31H,9-10,14-15,27H2,1H3/q+1. The van der Waals surface area contributed by atoms with Crippen molar-refractivity contribution in [2.45, 2.75) is 44.3 Å². The van der Waals surface area contributed by atoms with E-state index in [-0.39, 0.29) is 16.6 Å². The highest BCUT2D eigenvalue weighted by molar-refractivity contribution is 6.00. The minimum Gasteiger partial charge on any atom is -0.485 e. The molecule has 6 heteroatoms. The zero-order valence-corrected chi connectivity index (χ0v) is 18.1. The summed E-state index contributed by atoms with van der Waals surface area (Å²) < 4.78 is 6.43. The van der Waals surface area contributed by atoms with E-state index < -0.39 is 5.60 Å². The number of fused-ring (bicyclic) bond motifs is 2. The molecule has 4 aliphatic rings. The van der Waals surface area contributed by atoms with Crippen LogP contribution in [0.25, 0.3) is 0 Å². The lowest BCUT2D eigenvalue weighted by Gasteiger charge is -2.40. The summed E-state index contributed by atoms with van der Waals surface area (Å²) in [6.45, 7) is 1.87. The Labute approximate surface area is 187 Å². The van der Waals surface area contributed by atoms with Crippen molar-refractivity contribution >= 4 is 12.1 Å². The fourth-order valence-electron chi connectivity index (χ4n) is 5.31. The van der Waals surface area contributed by atoms with Gasteiger partial charge in [0.05, 0.1) is 23.6 Å². The monoisotopic (exact) mass is 427 g/mol. The molecule has 2 atom stereocenters. The van der Waals surface area contributed by atoms with Gasteiger partial charge in [-0.3, -0.25) is 4.99 Å². The second-order valence-corrected chi connectivity index (χ2v) is 9.54. The first-order valence-electron chi connectivity index (χ1n) is 11.2. The van der Waals surface area contributed by atoms with Gasteiger partial charge in [0.2, 0.25) is 5.70 Å². The number of aliphatic imine (C=N–C) groups is 2. The quantitative estimate of drug-likeness (QED) is 0.571. The molecule has 0 spiro atoms. The average Bonchev–Trinajstić information content (AvgIpc) is 3.10. The zero-order valence-electron chi connectivity index (χ0n) is 18.1. The number of nitrogens with two attached hydrogens (primary N) is 1. The molecule has 0 aromatic heterocycles. The Morgan fingerprint density at radius 2 is 1.97 bits per heavy atom. The third kappa shape index (κ3) is 3.06. The van der Waals surface area contributed by atoms with Gasteiger partial charge in [-0.15, -0.1) is 4.59 Å². The number of hydrogen-bond acceptors (Lipinski definition) is 5. The Kier molecular flexibility index (Phi) is 4.27. The van der Waals surface area contributed by atoms with Crippen LogP contribution >= 0.6 is 0 Å². The normalized spacial score (nSPS) is 32.7. The number of hydrogen-bond donors (Lipinski definition) is 2. The number of benzene rings is 2. The minimum atomic E-state index is -0.630. The van der Waals surface area contributed by atoms with Crippen LogP contribution in [-0.2, 0) is 6.42 Å². The summed E-state index contributed by atoms with van der Waals surface area (Å²) in [7, 11) is 0. The molecule has 6 nitrogen and oxygen atoms in total. The van der Waals surface area contributed by atoms with Gasteiger partial charge < -0.3 is 9.84 Å². The maximum Gasteiger partial charge on any atom is 0.265 e. The Bertz CT molecular complexity index is 1200. The molecule has 0 bridgehead atoms. The van der Waals surface area contributed by atoms with E-state index >= 15 is 0 Å². The number of quaternary nitrogens is 1. The van der Waals surface area contributed by atoms with Gasteiger partial charge >= 0.3 is 0 Å². The van der Waals surface area contributed by atoms with Crippen LogP contribution in [0.2, 0.25) is 0 Å². The highest BCUT2D eigenvalue weighted by Crippen LogP contribution is 2.47. The van der Waals surface area contributed by atoms with E-state index in [1.165, 1.54) is 11.1 Å². The first-order chi connectivity index (χ1) is 15.4. The zero-order chi connectivity index (χ0) is 21.9. The topological polar surface area (TPSA) is 80.2 Å². The number of aliphatic hydroxyl groups is 1. The lowest BCUT2D eigenvalue weighted by molar-refractivity contribution is -0.750. The molecule has 1 aliphatic carbocycles. The fourth-order valence-corrected chi connectivity index (χ4v) is 5.31. The molecule has 3 N–H and O–H groups in total. The molecule has 2 unspecified atom stereocenters. The van der Waals surface area contributed by atoms with Gasteiger partial charge in [0, 0.05) is 5.92 Å². The summed E-state index contributed by atoms with van der Waals surface area (Å²) in [6.07, 6.45) is 8.75. The lowest BCUT2D eigenvalue weighted by atomic mass is 9.70. The predicted octanol–water partition coefficient (Wildman–Crippen LogP) is 4.13. The second kappa shape index (κ2) is 6.97. The Morgan fingerprint density at radius 3 is 2.75 bits per heavy atom. The highest BCUT2D eigenvalue weighted by atomic mass is 16.5. The minimum absolute atomic E-state index is 0.00161. The van der Waals surface area contributed by atoms with E-state index in [1.54, 1.807) is 12.4 Å². The number of allylic oxidation sites excluding steroid dienone is 2. The fraction of sp³-hybridized carbons (Fsp3) is 0.308. The second-order valence-electron chi connectivity index (χ2n) is 9.54. The van der Waals surface area contributed by atoms with Crippen molar-refractivity contribution in [1.82, 2.24) is 0 Å². The first kappa shape index (κ1) is 19.6. The molecular weight excluding hydrogens is 400 g/mol. The summed E-state index contributed by atoms with van der Waals surface area (Å²) >= 11 is 0. The number of aryl methyl sites for hydroxylation is 1. The van der Waals surface area contributed by atoms with Crippen LogP contribution in [-0.4, -0.2) is 27.3 Å². The number of rotatable bonds is 3. The van der Waals surface area contributed by atoms with Gasteiger partial charge in [-0.1, -0.05) is 36.4 Å². The highest BCUT2D eigenvalue weighted by Gasteiger charge is 2.50. The van der Waals surface area contributed by atoms with Crippen LogP contribution in [0, 0.1) is 5.92 Å². The van der Waals surface area contributed by atoms with E-state index in [4.69, 9.17) is 15.6 Å². The van der Waals surface area contributed by atoms with E-state index in [0.29, 0.717) is 12.8 Å². The van der Waals surface area contributed by atoms with Gasteiger partial charge in [-0.25, -0.2) is 0 Å². The van der Waals surface area contributed by atoms with Crippen LogP contribution in [0.4, 0.5) is 0 Å². The summed E-state index contributed by atoms with van der Waals surface area (Å²) in [4.78, 5) is 9.34. The third-order valence-electron chi connectivity index (χ3n) is 7.02. The van der Waals surface area contributed by atoms with Gasteiger partial charge in [-0.05, 0) is 55.9 Å². The third-order valence-corrected chi connectivity index (χ3v) is 7.02. The van der Waals surface area contributed by atoms with Gasteiger partial charge in [0.15, 0.2) is 0 Å². The smallest absolute Gasteiger partial charge is 0.265 e. The van der Waals surface area contributed by atoms with Gasteiger partial charge in [0.25, 0.3) is 5.84 Å². The molecule has 32 heavy (non-hydrogen) atoms. The van der Waals surface area contributed by atoms with Crippen molar-refractivity contribution in [3.63, 3.8) is 0 Å². The molecule has 0 radical (unpaired) electrons. The SMILES string of the molecule is CC1(O)CC(C2=C3C=NC=C[N+]3(N)C(c3ccc4c(c3)OC(c3ccccc3)CC4)=N2)C1. The van der Waals surface area contributed by atoms with Crippen molar-refractivity contribution in [1.29, 1.82) is 0 Å². The van der Waals surface area contributed by atoms with E-state index in [9.17, 15) is 5.11 Å². The summed E-state index contributed by atoms with van der Waals surface area (Å²) in [5.41, 5.74) is 4.53. The molecule has 3 heterocycles. The maximum atomic E-state index is 10.3. The van der Waals surface area contributed by atoms with Gasteiger partial charge in [0.1, 0.15) is 23.8 Å². The van der Waals surface area contributed by atoms with Crippen molar-refractivity contribution < 1.29 is 14.4 Å². The van der Waals surface area contributed by atoms with Crippen LogP contribution in [0.5, 0.6) is 5.75 Å². The van der Waals surface area contributed by atoms with E-state index in [0.717, 1.165) is 41.4 Å². The molecule has 0 amide bonds. The van der Waals surface area contributed by atoms with Crippen molar-refractivity contribution in [3.8, 4) is 5.75 Å². The predicted molar refractivity (Wildman–Crippen MR) is 124 cm³/mol. The Morgan fingerprint density at radius 1 is 1.16 bits per heavy atom. The van der Waals surface area contributed by atoms with E-state index in [1.807, 2.05) is 19.2 Å². The van der Waals surface area contributed by atoms with Crippen molar-refractivity contribution in [2.75, 3.05) is 0 Å². The molecule has 162 valence electrons. The Balaban J connectivity index is 1.35. The van der Waals surface area contributed by atoms with Gasteiger partial charge in [-0.2, -0.15) is 10.8 Å². The summed E-state index contributed by atoms with van der Waals surface area (Å²) in [5.74, 6) is 8.72. The summed E-state index contributed by atoms with van der Waals surface area (Å²) in [5, 5.41) is 10.3. The number of amidine groups is 1. The molecular formula is C26H27N4O2+. The van der Waals surface area contributed by atoms with Crippen molar-refractivity contribution in [3.05, 3.63) is 89.0 Å². The molecule has 2 aromatic carbocycles. The van der Waals surface area contributed by atoms with Crippen LogP contribution < -0.4 is 10.6 Å². The molecule has 6 rings (SSSR count). The average molecular weight is 428 g/mol. The Hall–Kier alpha value is -3.06. The van der Waals surface area contributed by atoms with Crippen molar-refractivity contribution in [2.24, 2.45) is 21.7 Å². The largest absolute Gasteiger partial charge is 0.485 e. The molecule has 1 saturated carbocycles. The van der Waals surface area contributed by atoms with Crippen LogP contribution in [0.3, 0.4) is 0 Å². The van der Waals surface area contributed by atoms with Crippen LogP contribution in [0.15, 0.2) is 82.3 Å². The number of nitrogens with zero attached hydrogens (tertiary/aromatic N) is 3. The molecule has 3 aliphatic heterocycles. The van der Waals surface area contributed by atoms with E-state index in [2.05, 4.69) is 47.5 Å². The lowest BCUT2D eigenvalue weighted by Crippen LogP contribution is -2.53. The summed E-state index contributed by atoms with van der Waals surface area (Å²) in [6, 6.07) is 16.7. The number of ether oxygens (including phenoxy) is 1. The van der Waals surface area contributed by atoms with Crippen LogP contribution in [0.1, 0.15) is 49.0 Å². The first-order valence-corrected chi connectivity index (χ1v) is 11.2. The molecule has 1 fully saturated rings. The molecule has 2 aromatic rings.